The van der Waals surface area contributed by atoms with E-state index in [1.54, 1.807) is 60.0 Å². The number of nitrogens with one attached hydrogen (secondary N) is 3. The van der Waals surface area contributed by atoms with Gasteiger partial charge in [0.1, 0.15) is 23.4 Å². The van der Waals surface area contributed by atoms with Crippen molar-refractivity contribution in [1.29, 1.82) is 0 Å². The first-order valence-electron chi connectivity index (χ1n) is 20.2. The molecular formula is C42H55Br2N9O7. The highest BCUT2D eigenvalue weighted by atomic mass is 79.9. The molecule has 5 rings (SSSR count). The first-order chi connectivity index (χ1) is 28.6. The van der Waals surface area contributed by atoms with Gasteiger partial charge in [0.15, 0.2) is 0 Å². The number of hydrogen-bond donors (Lipinski definition) is 5. The number of benzene rings is 2. The minimum atomic E-state index is -1.11. The fourth-order valence-corrected chi connectivity index (χ4v) is 8.60. The number of phenols is 1. The van der Waals surface area contributed by atoms with E-state index in [2.05, 4.69) is 57.7 Å². The third-order valence-electron chi connectivity index (χ3n) is 10.3. The van der Waals surface area contributed by atoms with E-state index >= 15 is 0 Å². The van der Waals surface area contributed by atoms with Crippen LogP contribution >= 0.6 is 31.9 Å². The number of halogens is 2. The van der Waals surface area contributed by atoms with Crippen LogP contribution in [0.1, 0.15) is 58.4 Å². The fraction of sp³-hybridized carbons (Fsp3) is 0.476. The molecule has 0 aliphatic carbocycles. The second-order valence-electron chi connectivity index (χ2n) is 15.9. The van der Waals surface area contributed by atoms with E-state index in [1.165, 1.54) is 0 Å². The van der Waals surface area contributed by atoms with Gasteiger partial charge in [0.2, 0.25) is 11.8 Å². The highest BCUT2D eigenvalue weighted by molar-refractivity contribution is 9.11. The van der Waals surface area contributed by atoms with Crippen molar-refractivity contribution >= 4 is 73.2 Å². The van der Waals surface area contributed by atoms with Gasteiger partial charge in [-0.2, -0.15) is 0 Å². The number of anilines is 2. The molecule has 2 fully saturated rings. The van der Waals surface area contributed by atoms with E-state index in [0.717, 1.165) is 5.69 Å². The Morgan fingerprint density at radius 3 is 2.12 bits per heavy atom. The van der Waals surface area contributed by atoms with Gasteiger partial charge in [-0.25, -0.2) is 14.4 Å². The molecule has 0 unspecified atom stereocenters. The number of phenolic OH excluding ortho intramolecular Hbond substituents is 1. The smallest absolute Gasteiger partial charge is 0.407 e. The van der Waals surface area contributed by atoms with E-state index in [-0.39, 0.29) is 30.5 Å². The number of nitrogens with two attached hydrogens (primary N) is 1. The summed E-state index contributed by atoms with van der Waals surface area (Å²) in [6.45, 7) is 8.35. The summed E-state index contributed by atoms with van der Waals surface area (Å²) < 4.78 is 6.14. The number of aromatic hydroxyl groups is 1. The zero-order valence-electron chi connectivity index (χ0n) is 34.2. The van der Waals surface area contributed by atoms with Crippen LogP contribution in [0, 0.1) is 0 Å². The third-order valence-corrected chi connectivity index (χ3v) is 11.5. The molecule has 1 aromatic heterocycles. The first kappa shape index (κ1) is 46.0. The zero-order valence-corrected chi connectivity index (χ0v) is 37.4. The molecule has 0 saturated carbocycles. The standard InChI is InChI=1S/C42H55Br2N9O7/c1-42(2,3)60-41(59)47-16-8-7-11-34(38(56)51-23-21-50(22-24-51)29-12-17-46-18-13-29)48-37(55)35(27-28-25-32(43)36(54)33(44)26-28)49-40(58)52-19-14-31(15-20-52)53(39(45)57)30-9-5-4-6-10-30/h4-6,9-10,12-13,17-18,25-26,31,34-35,54H,7-8,11,14-16,19-24,27H2,1-3H3,(H2,45,57)(H,47,59)(H,48,55)(H,49,58)/t34-,35+/m0/s1. The summed E-state index contributed by atoms with van der Waals surface area (Å²) in [5, 5.41) is 19.0. The van der Waals surface area contributed by atoms with Crippen LogP contribution in [0.15, 0.2) is 75.9 Å². The molecule has 2 aromatic carbocycles. The number of amides is 7. The van der Waals surface area contributed by atoms with Crippen molar-refractivity contribution in [3.8, 4) is 5.75 Å². The number of rotatable bonds is 14. The Morgan fingerprint density at radius 1 is 0.883 bits per heavy atom. The molecule has 0 spiro atoms. The number of para-hydroxylation sites is 1. The van der Waals surface area contributed by atoms with E-state index in [0.29, 0.717) is 91.7 Å². The van der Waals surface area contributed by atoms with Gasteiger partial charge in [-0.1, -0.05) is 18.2 Å². The lowest BCUT2D eigenvalue weighted by Gasteiger charge is -2.38. The van der Waals surface area contributed by atoms with Gasteiger partial charge in [0, 0.05) is 82.0 Å². The SMILES string of the molecule is CC(C)(C)OC(=O)NCCCC[C@H](NC(=O)[C@@H](Cc1cc(Br)c(O)c(Br)c1)NC(=O)N1CCC(N(C(N)=O)c2ccccc2)CC1)C(=O)N1CCN(c2ccncc2)CC1. The normalized spacial score (nSPS) is 15.7. The second kappa shape index (κ2) is 21.4. The van der Waals surface area contributed by atoms with E-state index in [4.69, 9.17) is 10.5 Å². The highest BCUT2D eigenvalue weighted by Gasteiger charge is 2.34. The largest absolute Gasteiger partial charge is 0.506 e. The molecule has 2 aliphatic heterocycles. The van der Waals surface area contributed by atoms with Gasteiger partial charge >= 0.3 is 18.2 Å². The summed E-state index contributed by atoms with van der Waals surface area (Å²) in [5.41, 5.74) is 7.46. The molecule has 0 bridgehead atoms. The number of pyridine rings is 1. The quantitative estimate of drug-likeness (QED) is 0.129. The van der Waals surface area contributed by atoms with Crippen molar-refractivity contribution in [3.63, 3.8) is 0 Å². The van der Waals surface area contributed by atoms with Crippen molar-refractivity contribution in [2.24, 2.45) is 5.73 Å². The number of alkyl carbamates (subject to hydrolysis) is 1. The molecule has 60 heavy (non-hydrogen) atoms. The molecule has 2 saturated heterocycles. The van der Waals surface area contributed by atoms with Crippen LogP contribution < -0.4 is 31.5 Å². The van der Waals surface area contributed by atoms with E-state index in [1.807, 2.05) is 42.5 Å². The maximum Gasteiger partial charge on any atom is 0.407 e. The van der Waals surface area contributed by atoms with E-state index < -0.39 is 41.7 Å². The number of ether oxygens (including phenoxy) is 1. The van der Waals surface area contributed by atoms with Crippen molar-refractivity contribution < 1.29 is 33.8 Å². The third kappa shape index (κ3) is 13.2. The van der Waals surface area contributed by atoms with Crippen LogP contribution in [0.3, 0.4) is 0 Å². The van der Waals surface area contributed by atoms with Crippen molar-refractivity contribution in [2.75, 3.05) is 55.6 Å². The van der Waals surface area contributed by atoms with Crippen LogP contribution in [0.25, 0.3) is 0 Å². The maximum absolute atomic E-state index is 14.4. The number of piperidine rings is 1. The number of urea groups is 2. The van der Waals surface area contributed by atoms with Crippen molar-refractivity contribution in [3.05, 3.63) is 81.5 Å². The Morgan fingerprint density at radius 2 is 1.52 bits per heavy atom. The molecule has 3 heterocycles. The van der Waals surface area contributed by atoms with Crippen LogP contribution in [0.4, 0.5) is 25.8 Å². The number of unbranched alkanes of at least 4 members (excludes halogenated alkanes) is 1. The minimum Gasteiger partial charge on any atom is -0.506 e. The summed E-state index contributed by atoms with van der Waals surface area (Å²) >= 11 is 6.73. The number of nitrogens with zero attached hydrogens (tertiary/aromatic N) is 5. The average molecular weight is 958 g/mol. The van der Waals surface area contributed by atoms with Gasteiger partial charge in [0.05, 0.1) is 8.95 Å². The Hall–Kier alpha value is -5.10. The number of carbonyl (C=O) groups is 5. The Bertz CT molecular complexity index is 1920. The van der Waals surface area contributed by atoms with Gasteiger partial charge in [0.25, 0.3) is 0 Å². The zero-order chi connectivity index (χ0) is 43.4. The molecule has 16 nitrogen and oxygen atoms in total. The second-order valence-corrected chi connectivity index (χ2v) is 17.6. The van der Waals surface area contributed by atoms with Crippen molar-refractivity contribution in [1.82, 2.24) is 30.7 Å². The predicted molar refractivity (Wildman–Crippen MR) is 236 cm³/mol. The minimum absolute atomic E-state index is 0.0111. The highest BCUT2D eigenvalue weighted by Crippen LogP contribution is 2.34. The molecule has 324 valence electrons. The van der Waals surface area contributed by atoms with Gasteiger partial charge in [-0.15, -0.1) is 0 Å². The summed E-state index contributed by atoms with van der Waals surface area (Å²) in [6, 6.07) is 13.0. The van der Waals surface area contributed by atoms with Gasteiger partial charge in [-0.05, 0) is 127 Å². The first-order valence-corrected chi connectivity index (χ1v) is 21.7. The van der Waals surface area contributed by atoms with Crippen LogP contribution in [-0.4, -0.2) is 119 Å². The molecule has 18 heteroatoms. The van der Waals surface area contributed by atoms with Gasteiger partial charge < -0.3 is 46.2 Å². The predicted octanol–water partition coefficient (Wildman–Crippen LogP) is 5.51. The Kier molecular flexibility index (Phi) is 16.4. The lowest BCUT2D eigenvalue weighted by atomic mass is 10.0. The molecule has 2 aliphatic rings. The number of likely N-dealkylation sites (tertiary alicyclic amines) is 1. The summed E-state index contributed by atoms with van der Waals surface area (Å²) in [7, 11) is 0. The molecule has 7 amide bonds. The topological polar surface area (TPSA) is 203 Å². The number of primary amides is 1. The molecule has 2 atom stereocenters. The Balaban J connectivity index is 1.30. The number of hydrogen-bond acceptors (Lipinski definition) is 9. The number of carbonyl (C=O) groups excluding carboxylic acids is 5. The monoisotopic (exact) mass is 955 g/mol. The summed E-state index contributed by atoms with van der Waals surface area (Å²) in [5.74, 6) is -0.802. The van der Waals surface area contributed by atoms with Crippen LogP contribution in [0.5, 0.6) is 5.75 Å². The average Bonchev–Trinajstić information content (AvgIpc) is 3.22. The maximum atomic E-state index is 14.4. The van der Waals surface area contributed by atoms with Crippen LogP contribution in [0.2, 0.25) is 0 Å². The Labute approximate surface area is 367 Å². The molecular weight excluding hydrogens is 902 g/mol. The molecule has 6 N–H and O–H groups in total. The van der Waals surface area contributed by atoms with E-state index in [9.17, 15) is 29.1 Å². The molecule has 3 aromatic rings. The molecule has 0 radical (unpaired) electrons. The van der Waals surface area contributed by atoms with Crippen molar-refractivity contribution in [2.45, 2.75) is 83.0 Å². The summed E-state index contributed by atoms with van der Waals surface area (Å²) in [6.07, 6.45) is 5.21. The number of aromatic nitrogens is 1. The van der Waals surface area contributed by atoms with Crippen LogP contribution in [-0.2, 0) is 20.7 Å². The lowest BCUT2D eigenvalue weighted by Crippen LogP contribution is -2.59. The number of piperazine rings is 1. The van der Waals surface area contributed by atoms with Gasteiger partial charge in [-0.3, -0.25) is 19.5 Å². The lowest BCUT2D eigenvalue weighted by molar-refractivity contribution is -0.137. The summed E-state index contributed by atoms with van der Waals surface area (Å²) in [4.78, 5) is 78.4. The fourth-order valence-electron chi connectivity index (χ4n) is 7.32.